The monoisotopic (exact) mass is 200 g/mol. The molecule has 0 aliphatic rings. The molecule has 0 aliphatic heterocycles. The minimum Gasteiger partial charge on any atom is -0.303 e. The Morgan fingerprint density at radius 2 is 1.93 bits per heavy atom. The lowest BCUT2D eigenvalue weighted by atomic mass is 9.87. The van der Waals surface area contributed by atoms with E-state index in [1.807, 2.05) is 37.3 Å². The molecular formula is C14H16O. The third-order valence-electron chi connectivity index (χ3n) is 2.49. The fourth-order valence-electron chi connectivity index (χ4n) is 1.59. The van der Waals surface area contributed by atoms with Gasteiger partial charge in [-0.15, -0.1) is 0 Å². The predicted octanol–water partition coefficient (Wildman–Crippen LogP) is 3.48. The highest BCUT2D eigenvalue weighted by Gasteiger charge is 2.13. The Bertz CT molecular complexity index is 362. The van der Waals surface area contributed by atoms with Crippen LogP contribution in [0, 0.1) is 5.92 Å². The van der Waals surface area contributed by atoms with Crippen LogP contribution in [-0.4, -0.2) is 6.29 Å². The smallest absolute Gasteiger partial charge is 0.120 e. The van der Waals surface area contributed by atoms with Crippen LogP contribution in [0.2, 0.25) is 0 Å². The van der Waals surface area contributed by atoms with E-state index in [9.17, 15) is 4.79 Å². The summed E-state index contributed by atoms with van der Waals surface area (Å²) < 4.78 is 0. The summed E-state index contributed by atoms with van der Waals surface area (Å²) in [6.07, 6.45) is 1.39. The molecule has 1 aromatic carbocycles. The average Bonchev–Trinajstić information content (AvgIpc) is 2.26. The van der Waals surface area contributed by atoms with Crippen LogP contribution < -0.4 is 0 Å². The van der Waals surface area contributed by atoms with Crippen molar-refractivity contribution >= 4 is 11.9 Å². The SMILES string of the molecule is C=C(C)[C@H](CC=O)C(=C)c1ccccc1. The zero-order chi connectivity index (χ0) is 11.3. The number of benzene rings is 1. The molecule has 0 saturated heterocycles. The number of hydrogen-bond donors (Lipinski definition) is 0. The van der Waals surface area contributed by atoms with Crippen LogP contribution in [0.5, 0.6) is 0 Å². The quantitative estimate of drug-likeness (QED) is 0.525. The van der Waals surface area contributed by atoms with Gasteiger partial charge in [-0.25, -0.2) is 0 Å². The second-order valence-corrected chi connectivity index (χ2v) is 3.69. The topological polar surface area (TPSA) is 17.1 Å². The zero-order valence-electron chi connectivity index (χ0n) is 9.07. The van der Waals surface area contributed by atoms with E-state index < -0.39 is 0 Å². The molecule has 1 rings (SSSR count). The molecule has 0 bridgehead atoms. The molecule has 0 aromatic heterocycles. The van der Waals surface area contributed by atoms with Gasteiger partial charge in [-0.2, -0.15) is 0 Å². The normalized spacial score (nSPS) is 11.8. The molecule has 1 atom stereocenters. The summed E-state index contributed by atoms with van der Waals surface area (Å²) in [4.78, 5) is 10.6. The van der Waals surface area contributed by atoms with Crippen LogP contribution in [-0.2, 0) is 4.79 Å². The lowest BCUT2D eigenvalue weighted by molar-refractivity contribution is -0.108. The highest BCUT2D eigenvalue weighted by Crippen LogP contribution is 2.28. The molecular weight excluding hydrogens is 184 g/mol. The predicted molar refractivity (Wildman–Crippen MR) is 64.5 cm³/mol. The Morgan fingerprint density at radius 3 is 2.40 bits per heavy atom. The summed E-state index contributed by atoms with van der Waals surface area (Å²) in [5.41, 5.74) is 3.03. The summed E-state index contributed by atoms with van der Waals surface area (Å²) >= 11 is 0. The van der Waals surface area contributed by atoms with Crippen molar-refractivity contribution in [1.82, 2.24) is 0 Å². The maximum atomic E-state index is 10.6. The highest BCUT2D eigenvalue weighted by atomic mass is 16.1. The molecule has 0 spiro atoms. The molecule has 15 heavy (non-hydrogen) atoms. The minimum absolute atomic E-state index is 0.0601. The molecule has 0 unspecified atom stereocenters. The van der Waals surface area contributed by atoms with Crippen LogP contribution in [0.3, 0.4) is 0 Å². The van der Waals surface area contributed by atoms with E-state index >= 15 is 0 Å². The molecule has 0 N–H and O–H groups in total. The molecule has 0 saturated carbocycles. The van der Waals surface area contributed by atoms with Gasteiger partial charge in [0.05, 0.1) is 0 Å². The van der Waals surface area contributed by atoms with E-state index in [1.54, 1.807) is 0 Å². The number of aldehydes is 1. The maximum absolute atomic E-state index is 10.6. The second kappa shape index (κ2) is 5.30. The Morgan fingerprint density at radius 1 is 1.33 bits per heavy atom. The van der Waals surface area contributed by atoms with Gasteiger partial charge in [0.15, 0.2) is 0 Å². The number of allylic oxidation sites excluding steroid dienone is 2. The Balaban J connectivity index is 2.91. The Labute approximate surface area is 91.1 Å². The van der Waals surface area contributed by atoms with E-state index in [4.69, 9.17) is 0 Å². The first-order chi connectivity index (χ1) is 7.16. The van der Waals surface area contributed by atoms with Crippen molar-refractivity contribution in [3.8, 4) is 0 Å². The van der Waals surface area contributed by atoms with Gasteiger partial charge >= 0.3 is 0 Å². The van der Waals surface area contributed by atoms with Gasteiger partial charge in [-0.05, 0) is 18.1 Å². The Kier molecular flexibility index (Phi) is 4.04. The molecule has 0 radical (unpaired) electrons. The van der Waals surface area contributed by atoms with Gasteiger partial charge in [-0.3, -0.25) is 0 Å². The largest absolute Gasteiger partial charge is 0.303 e. The Hall–Kier alpha value is -1.63. The van der Waals surface area contributed by atoms with Crippen LogP contribution in [0.25, 0.3) is 5.57 Å². The van der Waals surface area contributed by atoms with Gasteiger partial charge in [0, 0.05) is 12.3 Å². The summed E-state index contributed by atoms with van der Waals surface area (Å²) in [7, 11) is 0. The van der Waals surface area contributed by atoms with Crippen molar-refractivity contribution < 1.29 is 4.79 Å². The molecule has 1 nitrogen and oxygen atoms in total. The molecule has 1 heteroatoms. The molecule has 1 aromatic rings. The third kappa shape index (κ3) is 2.91. The van der Waals surface area contributed by atoms with E-state index in [2.05, 4.69) is 13.2 Å². The van der Waals surface area contributed by atoms with Crippen LogP contribution in [0.15, 0.2) is 49.1 Å². The van der Waals surface area contributed by atoms with Crippen molar-refractivity contribution in [2.75, 3.05) is 0 Å². The molecule has 0 aliphatic carbocycles. The number of rotatable bonds is 5. The number of hydrogen-bond acceptors (Lipinski definition) is 1. The first-order valence-corrected chi connectivity index (χ1v) is 5.00. The molecule has 0 amide bonds. The van der Waals surface area contributed by atoms with Gasteiger partial charge in [-0.1, -0.05) is 49.1 Å². The summed E-state index contributed by atoms with van der Waals surface area (Å²) in [6, 6.07) is 9.91. The van der Waals surface area contributed by atoms with E-state index in [0.717, 1.165) is 23.0 Å². The molecule has 0 fully saturated rings. The van der Waals surface area contributed by atoms with Crippen molar-refractivity contribution in [1.29, 1.82) is 0 Å². The zero-order valence-corrected chi connectivity index (χ0v) is 9.07. The van der Waals surface area contributed by atoms with Gasteiger partial charge in [0.25, 0.3) is 0 Å². The van der Waals surface area contributed by atoms with E-state index in [-0.39, 0.29) is 5.92 Å². The molecule has 78 valence electrons. The van der Waals surface area contributed by atoms with Crippen molar-refractivity contribution in [3.05, 3.63) is 54.6 Å². The van der Waals surface area contributed by atoms with Gasteiger partial charge in [0.1, 0.15) is 6.29 Å². The fraction of sp³-hybridized carbons (Fsp3) is 0.214. The lowest BCUT2D eigenvalue weighted by Crippen LogP contribution is -2.04. The second-order valence-electron chi connectivity index (χ2n) is 3.69. The summed E-state index contributed by atoms with van der Waals surface area (Å²) in [5.74, 6) is 0.0601. The minimum atomic E-state index is 0.0601. The van der Waals surface area contributed by atoms with Crippen molar-refractivity contribution in [2.24, 2.45) is 5.92 Å². The number of carbonyl (C=O) groups is 1. The van der Waals surface area contributed by atoms with Crippen LogP contribution >= 0.6 is 0 Å². The first kappa shape index (κ1) is 11.4. The lowest BCUT2D eigenvalue weighted by Gasteiger charge is -2.17. The summed E-state index contributed by atoms with van der Waals surface area (Å²) in [6.45, 7) is 9.88. The number of carbonyl (C=O) groups excluding carboxylic acids is 1. The fourth-order valence-corrected chi connectivity index (χ4v) is 1.59. The van der Waals surface area contributed by atoms with Crippen molar-refractivity contribution in [2.45, 2.75) is 13.3 Å². The third-order valence-corrected chi connectivity index (χ3v) is 2.49. The average molecular weight is 200 g/mol. The first-order valence-electron chi connectivity index (χ1n) is 5.00. The van der Waals surface area contributed by atoms with Crippen LogP contribution in [0.1, 0.15) is 18.9 Å². The van der Waals surface area contributed by atoms with Crippen LogP contribution in [0.4, 0.5) is 0 Å². The standard InChI is InChI=1S/C14H16O/c1-11(2)14(9-10-15)12(3)13-7-5-4-6-8-13/h4-8,10,14H,1,3,9H2,2H3/t14-/m0/s1. The van der Waals surface area contributed by atoms with Crippen molar-refractivity contribution in [3.63, 3.8) is 0 Å². The van der Waals surface area contributed by atoms with E-state index in [0.29, 0.717) is 6.42 Å². The molecule has 0 heterocycles. The van der Waals surface area contributed by atoms with Gasteiger partial charge in [0.2, 0.25) is 0 Å². The van der Waals surface area contributed by atoms with Gasteiger partial charge < -0.3 is 4.79 Å². The maximum Gasteiger partial charge on any atom is 0.120 e. The summed E-state index contributed by atoms with van der Waals surface area (Å²) in [5, 5.41) is 0. The van der Waals surface area contributed by atoms with E-state index in [1.165, 1.54) is 0 Å². The highest BCUT2D eigenvalue weighted by molar-refractivity contribution is 5.70.